The first-order valence-electron chi connectivity index (χ1n) is 23.7. The fourth-order valence-electron chi connectivity index (χ4n) is 4.57. The van der Waals surface area contributed by atoms with Crippen molar-refractivity contribution in [2.24, 2.45) is 0 Å². The summed E-state index contributed by atoms with van der Waals surface area (Å²) in [7, 11) is 0. The molecule has 0 aliphatic carbocycles. The van der Waals surface area contributed by atoms with Crippen molar-refractivity contribution in [1.29, 1.82) is 0 Å². The Morgan fingerprint density at radius 3 is 0.891 bits per heavy atom. The Bertz CT molecular complexity index is 1730. The zero-order valence-electron chi connectivity index (χ0n) is 42.8. The number of benzene rings is 5. The first-order valence-corrected chi connectivity index (χ1v) is 23.7. The number of carbonyl (C=O) groups excluding carboxylic acids is 5. The molecule has 0 heterocycles. The third kappa shape index (κ3) is 47.5. The minimum atomic E-state index is 0.121. The molecule has 5 rings (SSSR count). The topological polar surface area (TPSA) is 85.3 Å². The summed E-state index contributed by atoms with van der Waals surface area (Å²) < 4.78 is 0. The van der Waals surface area contributed by atoms with Gasteiger partial charge in [-0.25, -0.2) is 0 Å². The van der Waals surface area contributed by atoms with Crippen molar-refractivity contribution in [3.8, 4) is 0 Å². The van der Waals surface area contributed by atoms with Gasteiger partial charge in [0.1, 0.15) is 23.1 Å². The standard InChI is InChI=1S/C11H14O.2C10H12O.C9H10O.C8H8O.C3H8.4C2H6/c1-2-11(12)9-8-10-6-4-3-5-7-10;1-9(11)7-8-10-5-3-2-4-6-10;1-2-10(11)8-9-6-4-3-5-7-9;1-8(10)7-9-5-3-2-4-6-9;1-7(9)8-5-3-2-4-6-8;1-3-2;4*1-2/h3-7H,2,8-9H2,1H3;2-6H,7-8H2,1H3;3-7H,2,8H2,1H3;2-6H,7H2,1H3;2-6H,1H3;3H2,1-2H3;4*1-2H3. The van der Waals surface area contributed by atoms with Gasteiger partial charge in [-0.1, -0.05) is 241 Å². The maximum Gasteiger partial charge on any atom is 0.159 e. The van der Waals surface area contributed by atoms with Crippen LogP contribution >= 0.6 is 0 Å². The number of aryl methyl sites for hydroxylation is 2. The highest BCUT2D eigenvalue weighted by molar-refractivity contribution is 5.93. The van der Waals surface area contributed by atoms with Crippen molar-refractivity contribution in [3.63, 3.8) is 0 Å². The molecular formula is C59H88O5. The van der Waals surface area contributed by atoms with Gasteiger partial charge in [0.15, 0.2) is 5.78 Å². The fourth-order valence-corrected chi connectivity index (χ4v) is 4.57. The molecule has 5 aromatic carbocycles. The lowest BCUT2D eigenvalue weighted by Gasteiger charge is -1.98. The highest BCUT2D eigenvalue weighted by Crippen LogP contribution is 2.05. The molecule has 0 radical (unpaired) electrons. The summed E-state index contributed by atoms with van der Waals surface area (Å²) >= 11 is 0. The average Bonchev–Trinajstić information content (AvgIpc) is 3.35. The van der Waals surface area contributed by atoms with E-state index < -0.39 is 0 Å². The van der Waals surface area contributed by atoms with Crippen LogP contribution in [0, 0.1) is 0 Å². The summed E-state index contributed by atoms with van der Waals surface area (Å²) in [5.74, 6) is 1.24. The molecule has 0 atom stereocenters. The Labute approximate surface area is 392 Å². The van der Waals surface area contributed by atoms with Gasteiger partial charge in [-0.05, 0) is 55.9 Å². The number of ketones is 5. The van der Waals surface area contributed by atoms with Crippen LogP contribution in [0.25, 0.3) is 0 Å². The molecular weight excluding hydrogens is 789 g/mol. The van der Waals surface area contributed by atoms with Gasteiger partial charge in [0.2, 0.25) is 0 Å². The molecule has 0 unspecified atom stereocenters. The van der Waals surface area contributed by atoms with Crippen LogP contribution < -0.4 is 0 Å². The van der Waals surface area contributed by atoms with Crippen LogP contribution in [-0.2, 0) is 44.9 Å². The normalized spacial score (nSPS) is 8.48. The number of rotatable bonds is 13. The van der Waals surface area contributed by atoms with Gasteiger partial charge < -0.3 is 4.79 Å². The van der Waals surface area contributed by atoms with Gasteiger partial charge in [0.05, 0.1) is 0 Å². The van der Waals surface area contributed by atoms with Gasteiger partial charge in [0, 0.05) is 44.1 Å². The number of carbonyl (C=O) groups is 5. The molecule has 0 saturated carbocycles. The Hall–Kier alpha value is -5.55. The van der Waals surface area contributed by atoms with Crippen molar-refractivity contribution >= 4 is 28.9 Å². The first kappa shape index (κ1) is 67.5. The second kappa shape index (κ2) is 53.6. The van der Waals surface area contributed by atoms with Gasteiger partial charge in [-0.3, -0.25) is 19.2 Å². The predicted molar refractivity (Wildman–Crippen MR) is 280 cm³/mol. The quantitative estimate of drug-likeness (QED) is 0.110. The molecule has 5 heteroatoms. The minimum absolute atomic E-state index is 0.121. The summed E-state index contributed by atoms with van der Waals surface area (Å²) in [4.78, 5) is 53.8. The molecule has 0 aromatic heterocycles. The van der Waals surface area contributed by atoms with Crippen LogP contribution in [0.1, 0.15) is 169 Å². The van der Waals surface area contributed by atoms with E-state index in [9.17, 15) is 24.0 Å². The van der Waals surface area contributed by atoms with E-state index in [4.69, 9.17) is 0 Å². The molecule has 0 fully saturated rings. The zero-order valence-corrected chi connectivity index (χ0v) is 42.8. The van der Waals surface area contributed by atoms with Crippen LogP contribution in [0.2, 0.25) is 0 Å². The van der Waals surface area contributed by atoms with Gasteiger partial charge in [-0.15, -0.1) is 0 Å². The van der Waals surface area contributed by atoms with Crippen LogP contribution in [0.5, 0.6) is 0 Å². The van der Waals surface area contributed by atoms with Gasteiger partial charge >= 0.3 is 0 Å². The molecule has 354 valence electrons. The van der Waals surface area contributed by atoms with Gasteiger partial charge in [0.25, 0.3) is 0 Å². The Morgan fingerprint density at radius 2 is 0.625 bits per heavy atom. The second-order valence-electron chi connectivity index (χ2n) is 13.1. The van der Waals surface area contributed by atoms with Crippen molar-refractivity contribution in [2.75, 3.05) is 0 Å². The fraction of sp³-hybridized carbons (Fsp3) is 0.407. The van der Waals surface area contributed by atoms with E-state index in [0.29, 0.717) is 50.1 Å². The number of Topliss-reactive ketones (excluding diaryl/α,β-unsaturated/α-hetero) is 5. The average molecular weight is 877 g/mol. The maximum absolute atomic E-state index is 11.0. The van der Waals surface area contributed by atoms with E-state index in [2.05, 4.69) is 26.0 Å². The summed E-state index contributed by atoms with van der Waals surface area (Å²) in [6.45, 7) is 28.9. The molecule has 0 aliphatic rings. The highest BCUT2D eigenvalue weighted by Gasteiger charge is 1.99. The Balaban J connectivity index is -0.000000215. The SMILES string of the molecule is CC.CC.CC.CC.CC(=O)CCc1ccccc1.CC(=O)Cc1ccccc1.CC(=O)c1ccccc1.CCC.CCC(=O)CCc1ccccc1.CCC(=O)Cc1ccccc1. The summed E-state index contributed by atoms with van der Waals surface area (Å²) in [5, 5.41) is 0. The molecule has 64 heavy (non-hydrogen) atoms. The first-order chi connectivity index (χ1) is 30.9. The zero-order chi connectivity index (χ0) is 49.8. The molecule has 0 N–H and O–H groups in total. The highest BCUT2D eigenvalue weighted by atomic mass is 16.1. The molecule has 5 nitrogen and oxygen atoms in total. The Morgan fingerprint density at radius 1 is 0.344 bits per heavy atom. The molecule has 0 aliphatic heterocycles. The van der Waals surface area contributed by atoms with Crippen LogP contribution in [0.15, 0.2) is 152 Å². The largest absolute Gasteiger partial charge is 0.300 e. The number of hydrogen-bond donors (Lipinski definition) is 0. The summed E-state index contributed by atoms with van der Waals surface area (Å²) in [5.41, 5.74) is 5.47. The lowest BCUT2D eigenvalue weighted by atomic mass is 10.1. The second-order valence-corrected chi connectivity index (χ2v) is 13.1. The minimum Gasteiger partial charge on any atom is -0.300 e. The molecule has 0 bridgehead atoms. The van der Waals surface area contributed by atoms with Crippen molar-refractivity contribution in [3.05, 3.63) is 179 Å². The van der Waals surface area contributed by atoms with E-state index in [1.54, 1.807) is 20.8 Å². The van der Waals surface area contributed by atoms with E-state index in [0.717, 1.165) is 29.5 Å². The summed E-state index contributed by atoms with van der Waals surface area (Å²) in [6, 6.07) is 49.0. The van der Waals surface area contributed by atoms with Crippen LogP contribution in [0.3, 0.4) is 0 Å². The van der Waals surface area contributed by atoms with E-state index in [1.165, 1.54) is 17.5 Å². The summed E-state index contributed by atoms with van der Waals surface area (Å²) in [6.07, 6.45) is 6.77. The van der Waals surface area contributed by atoms with Crippen molar-refractivity contribution in [2.45, 2.75) is 162 Å². The predicted octanol–water partition coefficient (Wildman–Crippen LogP) is 16.2. The molecule has 0 spiro atoms. The monoisotopic (exact) mass is 877 g/mol. The van der Waals surface area contributed by atoms with Gasteiger partial charge in [-0.2, -0.15) is 0 Å². The molecule has 0 saturated heterocycles. The van der Waals surface area contributed by atoms with Crippen LogP contribution in [0.4, 0.5) is 0 Å². The molecule has 0 amide bonds. The lowest BCUT2D eigenvalue weighted by Crippen LogP contribution is -1.99. The van der Waals surface area contributed by atoms with Crippen molar-refractivity contribution < 1.29 is 24.0 Å². The smallest absolute Gasteiger partial charge is 0.159 e. The van der Waals surface area contributed by atoms with E-state index in [-0.39, 0.29) is 17.3 Å². The van der Waals surface area contributed by atoms with Crippen molar-refractivity contribution in [1.82, 2.24) is 0 Å². The van der Waals surface area contributed by atoms with Crippen LogP contribution in [-0.4, -0.2) is 28.9 Å². The number of hydrogen-bond acceptors (Lipinski definition) is 5. The third-order valence-electron chi connectivity index (χ3n) is 7.65. The molecule has 5 aromatic rings. The van der Waals surface area contributed by atoms with E-state index >= 15 is 0 Å². The lowest BCUT2D eigenvalue weighted by molar-refractivity contribution is -0.119. The van der Waals surface area contributed by atoms with E-state index in [1.807, 2.05) is 209 Å². The third-order valence-corrected chi connectivity index (χ3v) is 7.65. The maximum atomic E-state index is 11.0. The Kier molecular flexibility index (Phi) is 56.5.